The first kappa shape index (κ1) is 12.6. The first-order valence-corrected chi connectivity index (χ1v) is 7.65. The van der Waals surface area contributed by atoms with E-state index < -0.39 is 0 Å². The van der Waals surface area contributed by atoms with Crippen molar-refractivity contribution in [2.75, 3.05) is 0 Å². The number of allylic oxidation sites excluding steroid dienone is 1. The molecule has 0 saturated heterocycles. The molecule has 2 aliphatic carbocycles. The van der Waals surface area contributed by atoms with Crippen molar-refractivity contribution >= 4 is 0 Å². The molecule has 0 radical (unpaired) electrons. The van der Waals surface area contributed by atoms with E-state index in [4.69, 9.17) is 4.74 Å². The summed E-state index contributed by atoms with van der Waals surface area (Å²) in [6.45, 7) is 12.0. The average molecular weight is 248 g/mol. The van der Waals surface area contributed by atoms with Crippen molar-refractivity contribution in [2.24, 2.45) is 22.7 Å². The normalized spacial score (nSPS) is 49.9. The molecule has 0 spiro atoms. The highest BCUT2D eigenvalue weighted by atomic mass is 16.5. The van der Waals surface area contributed by atoms with Crippen LogP contribution in [-0.2, 0) is 4.74 Å². The zero-order valence-electron chi connectivity index (χ0n) is 12.7. The van der Waals surface area contributed by atoms with Gasteiger partial charge in [0, 0.05) is 5.92 Å². The summed E-state index contributed by atoms with van der Waals surface area (Å²) in [6, 6.07) is 0. The van der Waals surface area contributed by atoms with Crippen molar-refractivity contribution in [1.82, 2.24) is 0 Å². The zero-order valence-corrected chi connectivity index (χ0v) is 12.7. The fourth-order valence-electron chi connectivity index (χ4n) is 5.66. The van der Waals surface area contributed by atoms with E-state index in [1.54, 1.807) is 0 Å². The van der Waals surface area contributed by atoms with Crippen molar-refractivity contribution in [1.29, 1.82) is 0 Å². The van der Waals surface area contributed by atoms with E-state index >= 15 is 0 Å². The minimum atomic E-state index is 0.0861. The molecule has 18 heavy (non-hydrogen) atoms. The molecule has 102 valence electrons. The van der Waals surface area contributed by atoms with Gasteiger partial charge in [0.25, 0.3) is 0 Å². The van der Waals surface area contributed by atoms with Gasteiger partial charge in [0.05, 0.1) is 5.76 Å². The molecule has 0 bridgehead atoms. The van der Waals surface area contributed by atoms with Crippen LogP contribution in [0.1, 0.15) is 66.7 Å². The molecule has 0 aromatic rings. The van der Waals surface area contributed by atoms with Crippen molar-refractivity contribution in [2.45, 2.75) is 72.3 Å². The largest absolute Gasteiger partial charge is 0.492 e. The Morgan fingerprint density at radius 1 is 1.11 bits per heavy atom. The molecular formula is C17H28O. The Morgan fingerprint density at radius 3 is 2.56 bits per heavy atom. The molecule has 1 nitrogen and oxygen atoms in total. The van der Waals surface area contributed by atoms with Crippen LogP contribution in [0.4, 0.5) is 0 Å². The summed E-state index contributed by atoms with van der Waals surface area (Å²) >= 11 is 0. The van der Waals surface area contributed by atoms with Gasteiger partial charge in [0.1, 0.15) is 5.60 Å². The topological polar surface area (TPSA) is 9.23 Å². The highest BCUT2D eigenvalue weighted by molar-refractivity contribution is 5.20. The van der Waals surface area contributed by atoms with E-state index in [9.17, 15) is 0 Å². The third kappa shape index (κ3) is 1.52. The third-order valence-electron chi connectivity index (χ3n) is 6.37. The molecule has 0 N–H and O–H groups in total. The molecule has 0 aromatic heterocycles. The summed E-state index contributed by atoms with van der Waals surface area (Å²) < 4.78 is 6.20. The minimum absolute atomic E-state index is 0.0861. The van der Waals surface area contributed by atoms with Crippen LogP contribution in [-0.4, -0.2) is 5.60 Å². The van der Waals surface area contributed by atoms with E-state index in [1.807, 2.05) is 0 Å². The van der Waals surface area contributed by atoms with Gasteiger partial charge in [-0.05, 0) is 62.4 Å². The second-order valence-electron chi connectivity index (χ2n) is 8.11. The van der Waals surface area contributed by atoms with E-state index in [0.717, 1.165) is 11.7 Å². The Bertz CT molecular complexity index is 394. The number of ether oxygens (including phenoxy) is 1. The monoisotopic (exact) mass is 248 g/mol. The van der Waals surface area contributed by atoms with Crippen molar-refractivity contribution in [3.63, 3.8) is 0 Å². The van der Waals surface area contributed by atoms with Gasteiger partial charge in [-0.2, -0.15) is 0 Å². The van der Waals surface area contributed by atoms with Crippen LogP contribution in [0.25, 0.3) is 0 Å². The van der Waals surface area contributed by atoms with Crippen molar-refractivity contribution in [3.05, 3.63) is 11.8 Å². The molecule has 2 saturated carbocycles. The third-order valence-corrected chi connectivity index (χ3v) is 6.37. The number of fused-ring (bicyclic) bond motifs is 3. The van der Waals surface area contributed by atoms with Crippen LogP contribution in [0.15, 0.2) is 11.8 Å². The lowest BCUT2D eigenvalue weighted by molar-refractivity contribution is -0.141. The van der Waals surface area contributed by atoms with Crippen LogP contribution in [0, 0.1) is 22.7 Å². The molecule has 0 amide bonds. The standard InChI is InChI=1S/C17H28O/c1-12-11-14-16(4)9-6-8-15(2,3)13(16)7-10-17(14,5)18-12/h11,13-14H,6-10H2,1-5H3. The Morgan fingerprint density at radius 2 is 1.83 bits per heavy atom. The first-order chi connectivity index (χ1) is 8.28. The lowest BCUT2D eigenvalue weighted by atomic mass is 9.46. The molecule has 1 heterocycles. The fraction of sp³-hybridized carbons (Fsp3) is 0.882. The summed E-state index contributed by atoms with van der Waals surface area (Å²) in [5, 5.41) is 0. The minimum Gasteiger partial charge on any atom is -0.492 e. The molecule has 2 fully saturated rings. The number of hydrogen-bond acceptors (Lipinski definition) is 1. The van der Waals surface area contributed by atoms with Gasteiger partial charge < -0.3 is 4.74 Å². The Labute approximate surface area is 112 Å². The van der Waals surface area contributed by atoms with Gasteiger partial charge in [-0.25, -0.2) is 0 Å². The maximum absolute atomic E-state index is 6.20. The van der Waals surface area contributed by atoms with Gasteiger partial charge in [0.15, 0.2) is 0 Å². The lowest BCUT2D eigenvalue weighted by Crippen LogP contribution is -2.56. The maximum atomic E-state index is 6.20. The van der Waals surface area contributed by atoms with Crippen molar-refractivity contribution < 1.29 is 4.74 Å². The van der Waals surface area contributed by atoms with Crippen LogP contribution in [0.3, 0.4) is 0 Å². The summed E-state index contributed by atoms with van der Waals surface area (Å²) in [4.78, 5) is 0. The molecule has 1 heteroatoms. The summed E-state index contributed by atoms with van der Waals surface area (Å²) in [7, 11) is 0. The molecule has 0 aromatic carbocycles. The van der Waals surface area contributed by atoms with Crippen LogP contribution in [0.2, 0.25) is 0 Å². The molecule has 4 unspecified atom stereocenters. The quantitative estimate of drug-likeness (QED) is 0.591. The van der Waals surface area contributed by atoms with Crippen LogP contribution >= 0.6 is 0 Å². The predicted octanol–water partition coefficient (Wildman–Crippen LogP) is 4.92. The zero-order chi connectivity index (χ0) is 13.2. The van der Waals surface area contributed by atoms with Gasteiger partial charge in [-0.15, -0.1) is 0 Å². The van der Waals surface area contributed by atoms with Gasteiger partial charge in [0.2, 0.25) is 0 Å². The Hall–Kier alpha value is -0.460. The lowest BCUT2D eigenvalue weighted by Gasteiger charge is -2.59. The van der Waals surface area contributed by atoms with Gasteiger partial charge >= 0.3 is 0 Å². The van der Waals surface area contributed by atoms with Gasteiger partial charge in [-0.3, -0.25) is 0 Å². The van der Waals surface area contributed by atoms with E-state index in [2.05, 4.69) is 40.7 Å². The average Bonchev–Trinajstić information content (AvgIpc) is 2.53. The fourth-order valence-corrected chi connectivity index (χ4v) is 5.66. The maximum Gasteiger partial charge on any atom is 0.113 e. The second-order valence-corrected chi connectivity index (χ2v) is 8.11. The van der Waals surface area contributed by atoms with E-state index in [0.29, 0.717) is 16.7 Å². The molecule has 4 atom stereocenters. The molecule has 3 rings (SSSR count). The number of hydrogen-bond donors (Lipinski definition) is 0. The summed E-state index contributed by atoms with van der Waals surface area (Å²) in [5.41, 5.74) is 1.05. The first-order valence-electron chi connectivity index (χ1n) is 7.65. The van der Waals surface area contributed by atoms with Crippen LogP contribution in [0.5, 0.6) is 0 Å². The van der Waals surface area contributed by atoms with Crippen molar-refractivity contribution in [3.8, 4) is 0 Å². The molecule has 1 aliphatic heterocycles. The highest BCUT2D eigenvalue weighted by Crippen LogP contribution is 2.64. The van der Waals surface area contributed by atoms with Crippen LogP contribution < -0.4 is 0 Å². The summed E-state index contributed by atoms with van der Waals surface area (Å²) in [6.07, 6.45) is 9.19. The number of rotatable bonds is 0. The highest BCUT2D eigenvalue weighted by Gasteiger charge is 2.60. The molecule has 3 aliphatic rings. The SMILES string of the molecule is CC1=CC2C(C)(CCC3C(C)(C)CCCC32C)O1. The summed E-state index contributed by atoms with van der Waals surface area (Å²) in [5.74, 6) is 2.65. The Kier molecular flexibility index (Phi) is 2.48. The smallest absolute Gasteiger partial charge is 0.113 e. The molecular weight excluding hydrogens is 220 g/mol. The predicted molar refractivity (Wildman–Crippen MR) is 75.2 cm³/mol. The second kappa shape index (κ2) is 3.55. The van der Waals surface area contributed by atoms with E-state index in [1.165, 1.54) is 32.1 Å². The van der Waals surface area contributed by atoms with E-state index in [-0.39, 0.29) is 5.60 Å². The van der Waals surface area contributed by atoms with Gasteiger partial charge in [-0.1, -0.05) is 27.2 Å². The Balaban J connectivity index is 2.02.